The van der Waals surface area contributed by atoms with Crippen molar-refractivity contribution in [3.8, 4) is 11.5 Å². The van der Waals surface area contributed by atoms with Crippen molar-refractivity contribution in [1.29, 1.82) is 0 Å². The fourth-order valence-electron chi connectivity index (χ4n) is 2.99. The van der Waals surface area contributed by atoms with E-state index in [2.05, 4.69) is 64.1 Å². The van der Waals surface area contributed by atoms with Crippen LogP contribution in [0.15, 0.2) is 72.8 Å². The van der Waals surface area contributed by atoms with Crippen LogP contribution < -0.4 is 9.47 Å². The summed E-state index contributed by atoms with van der Waals surface area (Å²) in [5.74, 6) is 1.84. The second-order valence-corrected chi connectivity index (χ2v) is 7.91. The summed E-state index contributed by atoms with van der Waals surface area (Å²) in [5, 5.41) is 0. The predicted octanol–water partition coefficient (Wildman–Crippen LogP) is 6.45. The Morgan fingerprint density at radius 2 is 1.15 bits per heavy atom. The van der Waals surface area contributed by atoms with E-state index in [1.165, 1.54) is 11.1 Å². The van der Waals surface area contributed by atoms with Gasteiger partial charge in [-0.3, -0.25) is 0 Å². The fraction of sp³-hybridized carbons (Fsp3) is 0.280. The molecule has 2 heteroatoms. The van der Waals surface area contributed by atoms with E-state index >= 15 is 0 Å². The molecule has 0 N–H and O–H groups in total. The molecule has 0 amide bonds. The largest absolute Gasteiger partial charge is 0.489 e. The molecule has 0 unspecified atom stereocenters. The Hall–Kier alpha value is -2.74. The second kappa shape index (κ2) is 8.30. The topological polar surface area (TPSA) is 18.5 Å². The van der Waals surface area contributed by atoms with Crippen molar-refractivity contribution in [2.45, 2.75) is 46.3 Å². The lowest BCUT2D eigenvalue weighted by Gasteiger charge is -2.25. The first-order valence-electron chi connectivity index (χ1n) is 9.42. The maximum absolute atomic E-state index is 6.19. The van der Waals surface area contributed by atoms with Crippen molar-refractivity contribution in [2.75, 3.05) is 0 Å². The third-order valence-corrected chi connectivity index (χ3v) is 4.56. The molecular formula is C25H28O2. The average molecular weight is 360 g/mol. The van der Waals surface area contributed by atoms with Gasteiger partial charge in [-0.1, -0.05) is 81.4 Å². The molecule has 3 aromatic carbocycles. The molecule has 0 spiro atoms. The molecule has 0 saturated heterocycles. The summed E-state index contributed by atoms with van der Waals surface area (Å²) in [5.41, 5.74) is 4.54. The zero-order chi connectivity index (χ0) is 19.3. The molecule has 140 valence electrons. The molecule has 0 aliphatic rings. The molecule has 2 nitrogen and oxygen atoms in total. The van der Waals surface area contributed by atoms with E-state index in [1.807, 2.05) is 36.4 Å². The first kappa shape index (κ1) is 19.0. The molecule has 0 aliphatic heterocycles. The lowest BCUT2D eigenvalue weighted by molar-refractivity contribution is 0.288. The van der Waals surface area contributed by atoms with Crippen LogP contribution in [0, 0.1) is 6.92 Å². The first-order chi connectivity index (χ1) is 12.9. The molecule has 0 heterocycles. The third kappa shape index (κ3) is 5.13. The number of benzene rings is 3. The molecule has 0 aliphatic carbocycles. The summed E-state index contributed by atoms with van der Waals surface area (Å²) >= 11 is 0. The molecule has 3 aromatic rings. The predicted molar refractivity (Wildman–Crippen MR) is 111 cm³/mol. The van der Waals surface area contributed by atoms with Crippen LogP contribution in [0.3, 0.4) is 0 Å². The van der Waals surface area contributed by atoms with Crippen molar-refractivity contribution in [1.82, 2.24) is 0 Å². The Bertz CT molecular complexity index is 862. The van der Waals surface area contributed by atoms with Crippen molar-refractivity contribution >= 4 is 0 Å². The number of rotatable bonds is 6. The number of hydrogen-bond acceptors (Lipinski definition) is 2. The SMILES string of the molecule is Cc1cc(OCc2ccccc2)c(C(C)(C)C)cc1OCc1ccccc1. The Balaban J connectivity index is 1.82. The van der Waals surface area contributed by atoms with Crippen LogP contribution in [-0.4, -0.2) is 0 Å². The highest BCUT2D eigenvalue weighted by Crippen LogP contribution is 2.37. The van der Waals surface area contributed by atoms with E-state index in [9.17, 15) is 0 Å². The van der Waals surface area contributed by atoms with Gasteiger partial charge in [0.1, 0.15) is 24.7 Å². The summed E-state index contributed by atoms with van der Waals surface area (Å²) in [6.45, 7) is 9.81. The molecule has 0 bridgehead atoms. The van der Waals surface area contributed by atoms with Gasteiger partial charge in [0.15, 0.2) is 0 Å². The molecule has 0 fully saturated rings. The van der Waals surface area contributed by atoms with Crippen LogP contribution in [0.1, 0.15) is 43.0 Å². The monoisotopic (exact) mass is 360 g/mol. The van der Waals surface area contributed by atoms with E-state index in [1.54, 1.807) is 0 Å². The van der Waals surface area contributed by atoms with E-state index < -0.39 is 0 Å². The summed E-state index contributed by atoms with van der Waals surface area (Å²) in [6, 6.07) is 24.8. The minimum Gasteiger partial charge on any atom is -0.489 e. The average Bonchev–Trinajstić information content (AvgIpc) is 2.66. The molecule has 27 heavy (non-hydrogen) atoms. The highest BCUT2D eigenvalue weighted by molar-refractivity contribution is 5.49. The van der Waals surface area contributed by atoms with Gasteiger partial charge in [0.2, 0.25) is 0 Å². The Labute approximate surface area is 162 Å². The number of aryl methyl sites for hydroxylation is 1. The van der Waals surface area contributed by atoms with Crippen LogP contribution in [-0.2, 0) is 18.6 Å². The zero-order valence-corrected chi connectivity index (χ0v) is 16.7. The summed E-state index contributed by atoms with van der Waals surface area (Å²) in [4.78, 5) is 0. The van der Waals surface area contributed by atoms with E-state index in [0.717, 1.165) is 22.6 Å². The highest BCUT2D eigenvalue weighted by Gasteiger charge is 2.21. The Kier molecular flexibility index (Phi) is 5.85. The van der Waals surface area contributed by atoms with Gasteiger partial charge in [0.25, 0.3) is 0 Å². The molecular weight excluding hydrogens is 332 g/mol. The van der Waals surface area contributed by atoms with Crippen LogP contribution in [0.5, 0.6) is 11.5 Å². The van der Waals surface area contributed by atoms with Crippen LogP contribution in [0.2, 0.25) is 0 Å². The second-order valence-electron chi connectivity index (χ2n) is 7.91. The maximum Gasteiger partial charge on any atom is 0.124 e. The van der Waals surface area contributed by atoms with Crippen molar-refractivity contribution in [2.24, 2.45) is 0 Å². The van der Waals surface area contributed by atoms with Gasteiger partial charge in [0, 0.05) is 5.56 Å². The zero-order valence-electron chi connectivity index (χ0n) is 16.7. The lowest BCUT2D eigenvalue weighted by Crippen LogP contribution is -2.14. The smallest absolute Gasteiger partial charge is 0.124 e. The quantitative estimate of drug-likeness (QED) is 0.503. The Morgan fingerprint density at radius 3 is 1.63 bits per heavy atom. The normalized spacial score (nSPS) is 11.3. The summed E-state index contributed by atoms with van der Waals surface area (Å²) in [7, 11) is 0. The van der Waals surface area contributed by atoms with E-state index in [4.69, 9.17) is 9.47 Å². The van der Waals surface area contributed by atoms with Gasteiger partial charge in [-0.2, -0.15) is 0 Å². The van der Waals surface area contributed by atoms with Gasteiger partial charge in [-0.15, -0.1) is 0 Å². The first-order valence-corrected chi connectivity index (χ1v) is 9.42. The van der Waals surface area contributed by atoms with E-state index in [0.29, 0.717) is 13.2 Å². The third-order valence-electron chi connectivity index (χ3n) is 4.56. The molecule has 0 saturated carbocycles. The van der Waals surface area contributed by atoms with Crippen LogP contribution in [0.25, 0.3) is 0 Å². The maximum atomic E-state index is 6.19. The number of ether oxygens (including phenoxy) is 2. The van der Waals surface area contributed by atoms with Gasteiger partial charge in [-0.25, -0.2) is 0 Å². The van der Waals surface area contributed by atoms with Gasteiger partial charge in [0.05, 0.1) is 0 Å². The minimum atomic E-state index is -0.0371. The van der Waals surface area contributed by atoms with Crippen LogP contribution >= 0.6 is 0 Å². The van der Waals surface area contributed by atoms with Crippen LogP contribution in [0.4, 0.5) is 0 Å². The van der Waals surface area contributed by atoms with Gasteiger partial charge in [-0.05, 0) is 41.2 Å². The van der Waals surface area contributed by atoms with Gasteiger partial charge >= 0.3 is 0 Å². The Morgan fingerprint density at radius 1 is 0.667 bits per heavy atom. The fourth-order valence-corrected chi connectivity index (χ4v) is 2.99. The van der Waals surface area contributed by atoms with Gasteiger partial charge < -0.3 is 9.47 Å². The number of hydrogen-bond donors (Lipinski definition) is 0. The van der Waals surface area contributed by atoms with E-state index in [-0.39, 0.29) is 5.41 Å². The lowest BCUT2D eigenvalue weighted by atomic mass is 9.85. The molecule has 0 radical (unpaired) electrons. The summed E-state index contributed by atoms with van der Waals surface area (Å²) < 4.78 is 12.3. The summed E-state index contributed by atoms with van der Waals surface area (Å²) in [6.07, 6.45) is 0. The van der Waals surface area contributed by atoms with Crippen molar-refractivity contribution < 1.29 is 9.47 Å². The van der Waals surface area contributed by atoms with Crippen molar-refractivity contribution in [3.63, 3.8) is 0 Å². The molecule has 0 atom stereocenters. The van der Waals surface area contributed by atoms with Crippen molar-refractivity contribution in [3.05, 3.63) is 95.1 Å². The molecule has 3 rings (SSSR count). The standard InChI is InChI=1S/C25H28O2/c1-19-15-24(27-18-21-13-9-6-10-14-21)22(25(2,3)4)16-23(19)26-17-20-11-7-5-8-12-20/h5-16H,17-18H2,1-4H3. The molecule has 0 aromatic heterocycles. The minimum absolute atomic E-state index is 0.0371. The highest BCUT2D eigenvalue weighted by atomic mass is 16.5.